The van der Waals surface area contributed by atoms with E-state index in [-0.39, 0.29) is 0 Å². The highest BCUT2D eigenvalue weighted by molar-refractivity contribution is 7.98. The van der Waals surface area contributed by atoms with Crippen molar-refractivity contribution in [3.05, 3.63) is 17.8 Å². The van der Waals surface area contributed by atoms with Crippen LogP contribution in [0.5, 0.6) is 5.88 Å². The summed E-state index contributed by atoms with van der Waals surface area (Å²) in [6.45, 7) is 1.98. The van der Waals surface area contributed by atoms with Crippen molar-refractivity contribution in [2.75, 3.05) is 13.4 Å². The molecule has 0 radical (unpaired) electrons. The van der Waals surface area contributed by atoms with Crippen molar-refractivity contribution in [2.24, 2.45) is 0 Å². The van der Waals surface area contributed by atoms with Crippen LogP contribution in [0.3, 0.4) is 0 Å². The third-order valence-corrected chi connectivity index (χ3v) is 2.31. The number of nitrogens with zero attached hydrogens (tertiary/aromatic N) is 1. The molecule has 60 valence electrons. The van der Waals surface area contributed by atoms with Crippen molar-refractivity contribution in [2.45, 2.75) is 11.8 Å². The standard InChI is InChI=1S/C8H11NOS/c1-6-7(11-3)4-5-8(9-6)10-2/h4-5H,1-3H3. The first-order valence-corrected chi connectivity index (χ1v) is 4.56. The lowest BCUT2D eigenvalue weighted by Gasteiger charge is -2.03. The Morgan fingerprint density at radius 3 is 2.64 bits per heavy atom. The molecule has 0 N–H and O–H groups in total. The highest BCUT2D eigenvalue weighted by Crippen LogP contribution is 2.20. The molecule has 1 aromatic rings. The zero-order valence-corrected chi connectivity index (χ0v) is 7.73. The van der Waals surface area contributed by atoms with Crippen molar-refractivity contribution in [3.63, 3.8) is 0 Å². The summed E-state index contributed by atoms with van der Waals surface area (Å²) >= 11 is 1.70. The van der Waals surface area contributed by atoms with Gasteiger partial charge in [-0.25, -0.2) is 4.98 Å². The van der Waals surface area contributed by atoms with E-state index < -0.39 is 0 Å². The molecule has 0 saturated heterocycles. The molecule has 3 heteroatoms. The van der Waals surface area contributed by atoms with Crippen LogP contribution in [0.4, 0.5) is 0 Å². The van der Waals surface area contributed by atoms with Gasteiger partial charge in [-0.3, -0.25) is 0 Å². The van der Waals surface area contributed by atoms with Gasteiger partial charge in [0, 0.05) is 11.0 Å². The molecular weight excluding hydrogens is 158 g/mol. The number of aryl methyl sites for hydroxylation is 1. The predicted octanol–water partition coefficient (Wildman–Crippen LogP) is 2.12. The Balaban J connectivity index is 2.99. The Morgan fingerprint density at radius 1 is 1.45 bits per heavy atom. The first-order chi connectivity index (χ1) is 5.27. The van der Waals surface area contributed by atoms with Gasteiger partial charge in [-0.15, -0.1) is 11.8 Å². The van der Waals surface area contributed by atoms with Gasteiger partial charge in [0.25, 0.3) is 0 Å². The van der Waals surface area contributed by atoms with E-state index in [1.165, 1.54) is 4.90 Å². The summed E-state index contributed by atoms with van der Waals surface area (Å²) in [5.74, 6) is 0.681. The molecule has 0 aliphatic heterocycles. The Labute approximate surface area is 71.0 Å². The molecule has 0 aliphatic carbocycles. The maximum atomic E-state index is 4.97. The minimum absolute atomic E-state index is 0.681. The van der Waals surface area contributed by atoms with E-state index in [9.17, 15) is 0 Å². The monoisotopic (exact) mass is 169 g/mol. The van der Waals surface area contributed by atoms with Crippen LogP contribution < -0.4 is 4.74 Å². The quantitative estimate of drug-likeness (QED) is 0.633. The molecule has 0 amide bonds. The summed E-state index contributed by atoms with van der Waals surface area (Å²) in [6.07, 6.45) is 2.04. The van der Waals surface area contributed by atoms with E-state index in [1.54, 1.807) is 18.9 Å². The smallest absolute Gasteiger partial charge is 0.213 e. The summed E-state index contributed by atoms with van der Waals surface area (Å²) in [5.41, 5.74) is 1.02. The van der Waals surface area contributed by atoms with Crippen LogP contribution in [0.25, 0.3) is 0 Å². The second kappa shape index (κ2) is 3.62. The van der Waals surface area contributed by atoms with E-state index in [4.69, 9.17) is 4.74 Å². The van der Waals surface area contributed by atoms with Gasteiger partial charge in [0.1, 0.15) is 0 Å². The summed E-state index contributed by atoms with van der Waals surface area (Å²) in [6, 6.07) is 3.89. The zero-order valence-electron chi connectivity index (χ0n) is 6.92. The molecule has 0 bridgehead atoms. The van der Waals surface area contributed by atoms with Gasteiger partial charge in [0.15, 0.2) is 0 Å². The maximum Gasteiger partial charge on any atom is 0.213 e. The fourth-order valence-corrected chi connectivity index (χ4v) is 1.40. The molecule has 0 spiro atoms. The van der Waals surface area contributed by atoms with Crippen molar-refractivity contribution >= 4 is 11.8 Å². The Bertz CT molecular complexity index is 250. The van der Waals surface area contributed by atoms with Crippen LogP contribution in [0.2, 0.25) is 0 Å². The number of thioether (sulfide) groups is 1. The van der Waals surface area contributed by atoms with Gasteiger partial charge >= 0.3 is 0 Å². The van der Waals surface area contributed by atoms with E-state index in [2.05, 4.69) is 4.98 Å². The highest BCUT2D eigenvalue weighted by Gasteiger charge is 1.98. The van der Waals surface area contributed by atoms with E-state index in [0.29, 0.717) is 5.88 Å². The maximum absolute atomic E-state index is 4.97. The number of methoxy groups -OCH3 is 1. The molecule has 1 rings (SSSR count). The van der Waals surface area contributed by atoms with Gasteiger partial charge in [0.05, 0.1) is 12.8 Å². The van der Waals surface area contributed by atoms with E-state index in [0.717, 1.165) is 5.69 Å². The number of hydrogen-bond acceptors (Lipinski definition) is 3. The van der Waals surface area contributed by atoms with Gasteiger partial charge < -0.3 is 4.74 Å². The zero-order chi connectivity index (χ0) is 8.27. The van der Waals surface area contributed by atoms with Gasteiger partial charge in [-0.2, -0.15) is 0 Å². The molecule has 0 unspecified atom stereocenters. The molecule has 2 nitrogen and oxygen atoms in total. The molecule has 1 heterocycles. The van der Waals surface area contributed by atoms with Crippen LogP contribution in [0, 0.1) is 6.92 Å². The molecule has 0 atom stereocenters. The van der Waals surface area contributed by atoms with Crippen molar-refractivity contribution < 1.29 is 4.74 Å². The number of aromatic nitrogens is 1. The van der Waals surface area contributed by atoms with Crippen LogP contribution in [-0.2, 0) is 0 Å². The van der Waals surface area contributed by atoms with Crippen LogP contribution >= 0.6 is 11.8 Å². The average molecular weight is 169 g/mol. The lowest BCUT2D eigenvalue weighted by molar-refractivity contribution is 0.396. The van der Waals surface area contributed by atoms with Crippen LogP contribution in [-0.4, -0.2) is 18.3 Å². The van der Waals surface area contributed by atoms with Crippen molar-refractivity contribution in [1.29, 1.82) is 0 Å². The third-order valence-electron chi connectivity index (χ3n) is 1.44. The van der Waals surface area contributed by atoms with Gasteiger partial charge in [0.2, 0.25) is 5.88 Å². The predicted molar refractivity (Wildman–Crippen MR) is 47.3 cm³/mol. The molecule has 0 aromatic carbocycles. The summed E-state index contributed by atoms with van der Waals surface area (Å²) in [5, 5.41) is 0. The molecule has 0 aliphatic rings. The van der Waals surface area contributed by atoms with Crippen molar-refractivity contribution in [3.8, 4) is 5.88 Å². The number of rotatable bonds is 2. The fourth-order valence-electron chi connectivity index (χ4n) is 0.855. The number of pyridine rings is 1. The molecule has 1 aromatic heterocycles. The normalized spacial score (nSPS) is 9.73. The first kappa shape index (κ1) is 8.40. The summed E-state index contributed by atoms with van der Waals surface area (Å²) in [4.78, 5) is 5.42. The second-order valence-electron chi connectivity index (χ2n) is 2.14. The van der Waals surface area contributed by atoms with E-state index in [1.807, 2.05) is 25.3 Å². The lowest BCUT2D eigenvalue weighted by Crippen LogP contribution is -1.90. The topological polar surface area (TPSA) is 22.1 Å². The van der Waals surface area contributed by atoms with Crippen LogP contribution in [0.15, 0.2) is 17.0 Å². The second-order valence-corrected chi connectivity index (χ2v) is 2.99. The Hall–Kier alpha value is -0.700. The SMILES string of the molecule is COc1ccc(SC)c(C)n1. The molecule has 0 fully saturated rings. The van der Waals surface area contributed by atoms with Crippen molar-refractivity contribution in [1.82, 2.24) is 4.98 Å². The van der Waals surface area contributed by atoms with Gasteiger partial charge in [-0.05, 0) is 19.2 Å². The van der Waals surface area contributed by atoms with Crippen LogP contribution in [0.1, 0.15) is 5.69 Å². The lowest BCUT2D eigenvalue weighted by atomic mass is 10.4. The fraction of sp³-hybridized carbons (Fsp3) is 0.375. The highest BCUT2D eigenvalue weighted by atomic mass is 32.2. The molecule has 11 heavy (non-hydrogen) atoms. The Morgan fingerprint density at radius 2 is 2.18 bits per heavy atom. The third kappa shape index (κ3) is 1.87. The minimum Gasteiger partial charge on any atom is -0.481 e. The van der Waals surface area contributed by atoms with E-state index >= 15 is 0 Å². The average Bonchev–Trinajstić information content (AvgIpc) is 2.04. The van der Waals surface area contributed by atoms with Gasteiger partial charge in [-0.1, -0.05) is 0 Å². The largest absolute Gasteiger partial charge is 0.481 e. The number of ether oxygens (including phenoxy) is 1. The molecule has 0 saturated carbocycles. The number of hydrogen-bond donors (Lipinski definition) is 0. The molecular formula is C8H11NOS. The first-order valence-electron chi connectivity index (χ1n) is 3.33. The summed E-state index contributed by atoms with van der Waals surface area (Å²) in [7, 11) is 1.63. The minimum atomic E-state index is 0.681. The summed E-state index contributed by atoms with van der Waals surface area (Å²) < 4.78 is 4.97. The Kier molecular flexibility index (Phi) is 2.76.